The van der Waals surface area contributed by atoms with Gasteiger partial charge < -0.3 is 14.2 Å². The Hall–Kier alpha value is -2.99. The molecule has 0 N–H and O–H groups in total. The van der Waals surface area contributed by atoms with Crippen LogP contribution >= 0.6 is 34.8 Å². The zero-order valence-corrected chi connectivity index (χ0v) is 19.0. The van der Waals surface area contributed by atoms with E-state index in [1.54, 1.807) is 66.7 Å². The molecule has 0 radical (unpaired) electrons. The van der Waals surface area contributed by atoms with Crippen LogP contribution in [0, 0.1) is 0 Å². The monoisotopic (exact) mass is 487 g/mol. The summed E-state index contributed by atoms with van der Waals surface area (Å²) in [5.74, 6) is 0.680. The molecule has 0 aliphatic carbocycles. The van der Waals surface area contributed by atoms with Crippen molar-refractivity contribution in [3.8, 4) is 11.5 Å². The van der Waals surface area contributed by atoms with E-state index < -0.39 is 5.97 Å². The number of nitrogens with zero attached hydrogens (tertiary/aromatic N) is 1. The second-order valence-electron chi connectivity index (χ2n) is 6.78. The lowest BCUT2D eigenvalue weighted by Gasteiger charge is -2.12. The van der Waals surface area contributed by atoms with Gasteiger partial charge in [-0.05, 0) is 54.1 Å². The van der Waals surface area contributed by atoms with Crippen molar-refractivity contribution in [3.63, 3.8) is 0 Å². The lowest BCUT2D eigenvalue weighted by atomic mass is 10.1. The van der Waals surface area contributed by atoms with Crippen molar-refractivity contribution in [1.29, 1.82) is 0 Å². The fourth-order valence-electron chi connectivity index (χ4n) is 3.00. The predicted molar refractivity (Wildman–Crippen MR) is 126 cm³/mol. The van der Waals surface area contributed by atoms with Crippen molar-refractivity contribution in [2.24, 2.45) is 4.99 Å². The number of ether oxygens (including phenoxy) is 3. The number of esters is 1. The largest absolute Gasteiger partial charge is 0.493 e. The highest BCUT2D eigenvalue weighted by atomic mass is 35.5. The molecular weight excluding hydrogens is 473 g/mol. The summed E-state index contributed by atoms with van der Waals surface area (Å²) in [4.78, 5) is 16.6. The van der Waals surface area contributed by atoms with E-state index in [-0.39, 0.29) is 18.2 Å². The van der Waals surface area contributed by atoms with Gasteiger partial charge in [0, 0.05) is 26.2 Å². The van der Waals surface area contributed by atoms with Crippen LogP contribution < -0.4 is 9.47 Å². The molecule has 32 heavy (non-hydrogen) atoms. The van der Waals surface area contributed by atoms with Gasteiger partial charge in [0.1, 0.15) is 6.61 Å². The number of hydrogen-bond acceptors (Lipinski definition) is 5. The lowest BCUT2D eigenvalue weighted by molar-refractivity contribution is -0.129. The molecule has 0 bridgehead atoms. The van der Waals surface area contributed by atoms with E-state index in [4.69, 9.17) is 49.0 Å². The number of methoxy groups -OCH3 is 1. The molecule has 0 fully saturated rings. The number of benzene rings is 3. The molecule has 8 heteroatoms. The third-order valence-corrected chi connectivity index (χ3v) is 5.40. The van der Waals surface area contributed by atoms with E-state index in [0.717, 1.165) is 5.56 Å². The van der Waals surface area contributed by atoms with Gasteiger partial charge in [-0.1, -0.05) is 53.0 Å². The molecule has 0 spiro atoms. The highest BCUT2D eigenvalue weighted by molar-refractivity contribution is 6.35. The second kappa shape index (κ2) is 9.65. The number of rotatable bonds is 6. The molecule has 1 aliphatic rings. The van der Waals surface area contributed by atoms with Gasteiger partial charge in [-0.25, -0.2) is 9.79 Å². The molecule has 0 saturated carbocycles. The SMILES string of the molecule is COc1cc(C=C2N=C(c3cccc(Cl)c3)OC2=O)ccc1OCc1ccc(Cl)cc1Cl. The first-order valence-electron chi connectivity index (χ1n) is 9.46. The van der Waals surface area contributed by atoms with Gasteiger partial charge in [-0.2, -0.15) is 0 Å². The fraction of sp³-hybridized carbons (Fsp3) is 0.0833. The highest BCUT2D eigenvalue weighted by Gasteiger charge is 2.24. The van der Waals surface area contributed by atoms with Crippen LogP contribution in [0.3, 0.4) is 0 Å². The highest BCUT2D eigenvalue weighted by Crippen LogP contribution is 2.31. The zero-order chi connectivity index (χ0) is 22.7. The van der Waals surface area contributed by atoms with E-state index >= 15 is 0 Å². The standard InChI is InChI=1S/C24H16Cl3NO4/c1-30-22-10-14(5-8-21(22)31-13-16-6-7-18(26)12-19(16)27)9-20-24(29)32-23(28-20)15-3-2-4-17(25)11-15/h2-12H,13H2,1H3. The Bertz CT molecular complexity index is 1250. The Labute approximate surface area is 199 Å². The molecule has 1 heterocycles. The van der Waals surface area contributed by atoms with Crippen LogP contribution in [-0.2, 0) is 16.1 Å². The Kier molecular flexibility index (Phi) is 6.70. The van der Waals surface area contributed by atoms with Gasteiger partial charge >= 0.3 is 5.97 Å². The first kappa shape index (κ1) is 22.2. The van der Waals surface area contributed by atoms with E-state index in [9.17, 15) is 4.79 Å². The van der Waals surface area contributed by atoms with Gasteiger partial charge in [0.05, 0.1) is 7.11 Å². The third kappa shape index (κ3) is 5.07. The molecule has 0 amide bonds. The van der Waals surface area contributed by atoms with Crippen LogP contribution in [0.15, 0.2) is 71.4 Å². The second-order valence-corrected chi connectivity index (χ2v) is 8.06. The van der Waals surface area contributed by atoms with Crippen molar-refractivity contribution in [3.05, 3.63) is 98.1 Å². The summed E-state index contributed by atoms with van der Waals surface area (Å²) >= 11 is 18.1. The summed E-state index contributed by atoms with van der Waals surface area (Å²) < 4.78 is 16.6. The number of cyclic esters (lactones) is 1. The number of hydrogen-bond donors (Lipinski definition) is 0. The normalized spacial score (nSPS) is 14.3. The molecular formula is C24H16Cl3NO4. The maximum Gasteiger partial charge on any atom is 0.363 e. The summed E-state index contributed by atoms with van der Waals surface area (Å²) in [7, 11) is 1.54. The minimum absolute atomic E-state index is 0.170. The van der Waals surface area contributed by atoms with E-state index in [2.05, 4.69) is 4.99 Å². The molecule has 4 rings (SSSR count). The Morgan fingerprint density at radius 1 is 0.969 bits per heavy atom. The van der Waals surface area contributed by atoms with Crippen LogP contribution in [0.2, 0.25) is 15.1 Å². The van der Waals surface area contributed by atoms with Gasteiger partial charge in [-0.3, -0.25) is 0 Å². The summed E-state index contributed by atoms with van der Waals surface area (Å²) in [5, 5.41) is 1.60. The van der Waals surface area contributed by atoms with Crippen LogP contribution in [0.25, 0.3) is 6.08 Å². The number of carbonyl (C=O) groups excluding carboxylic acids is 1. The van der Waals surface area contributed by atoms with E-state index in [1.807, 2.05) is 0 Å². The lowest BCUT2D eigenvalue weighted by Crippen LogP contribution is -2.05. The minimum atomic E-state index is -0.545. The number of halogens is 3. The molecule has 3 aromatic rings. The summed E-state index contributed by atoms with van der Waals surface area (Å²) in [6, 6.07) is 17.4. The smallest absolute Gasteiger partial charge is 0.363 e. The maximum absolute atomic E-state index is 12.3. The van der Waals surface area contributed by atoms with Crippen LogP contribution in [0.1, 0.15) is 16.7 Å². The van der Waals surface area contributed by atoms with E-state index in [1.165, 1.54) is 7.11 Å². The quantitative estimate of drug-likeness (QED) is 0.290. The van der Waals surface area contributed by atoms with Crippen molar-refractivity contribution in [2.75, 3.05) is 7.11 Å². The van der Waals surface area contributed by atoms with Gasteiger partial charge in [-0.15, -0.1) is 0 Å². The maximum atomic E-state index is 12.3. The molecule has 0 unspecified atom stereocenters. The molecule has 3 aromatic carbocycles. The van der Waals surface area contributed by atoms with E-state index in [0.29, 0.717) is 37.7 Å². The third-order valence-electron chi connectivity index (χ3n) is 4.58. The fourth-order valence-corrected chi connectivity index (χ4v) is 3.65. The van der Waals surface area contributed by atoms with Crippen LogP contribution in [0.4, 0.5) is 0 Å². The first-order chi connectivity index (χ1) is 15.4. The zero-order valence-electron chi connectivity index (χ0n) is 16.8. The number of carbonyl (C=O) groups is 1. The molecule has 0 saturated heterocycles. The molecule has 5 nitrogen and oxygen atoms in total. The molecule has 0 atom stereocenters. The van der Waals surface area contributed by atoms with Gasteiger partial charge in [0.15, 0.2) is 17.2 Å². The summed E-state index contributed by atoms with van der Waals surface area (Å²) in [5.41, 5.74) is 2.28. The van der Waals surface area contributed by atoms with Crippen molar-refractivity contribution < 1.29 is 19.0 Å². The average molecular weight is 489 g/mol. The Morgan fingerprint density at radius 2 is 1.78 bits per heavy atom. The van der Waals surface area contributed by atoms with Gasteiger partial charge in [0.2, 0.25) is 5.90 Å². The van der Waals surface area contributed by atoms with Crippen LogP contribution in [0.5, 0.6) is 11.5 Å². The summed E-state index contributed by atoms with van der Waals surface area (Å²) in [6.45, 7) is 0.242. The Morgan fingerprint density at radius 3 is 2.53 bits per heavy atom. The molecule has 1 aliphatic heterocycles. The predicted octanol–water partition coefficient (Wildman–Crippen LogP) is 6.58. The molecule has 0 aromatic heterocycles. The topological polar surface area (TPSA) is 57.1 Å². The number of aliphatic imine (C=N–C) groups is 1. The van der Waals surface area contributed by atoms with Crippen molar-refractivity contribution in [2.45, 2.75) is 6.61 Å². The first-order valence-corrected chi connectivity index (χ1v) is 10.6. The van der Waals surface area contributed by atoms with Gasteiger partial charge in [0.25, 0.3) is 0 Å². The molecule has 162 valence electrons. The van der Waals surface area contributed by atoms with Crippen molar-refractivity contribution in [1.82, 2.24) is 0 Å². The average Bonchev–Trinajstić information content (AvgIpc) is 3.14. The summed E-state index contributed by atoms with van der Waals surface area (Å²) in [6.07, 6.45) is 1.61. The minimum Gasteiger partial charge on any atom is -0.493 e. The Balaban J connectivity index is 1.54. The van der Waals surface area contributed by atoms with Crippen LogP contribution in [-0.4, -0.2) is 19.0 Å². The van der Waals surface area contributed by atoms with Crippen molar-refractivity contribution >= 4 is 52.7 Å².